The average Bonchev–Trinajstić information content (AvgIpc) is 2.42. The van der Waals surface area contributed by atoms with Gasteiger partial charge >= 0.3 is 0 Å². The standard InChI is InChI=1S/C15H29NOS/c1-2-5-14-6-3-4-9-16(14)12-15(13-18)7-10-17-11-8-15/h14,18H,2-13H2,1H3. The third-order valence-corrected chi connectivity index (χ3v) is 5.47. The summed E-state index contributed by atoms with van der Waals surface area (Å²) in [7, 11) is 0. The minimum absolute atomic E-state index is 0.421. The van der Waals surface area contributed by atoms with E-state index in [0.29, 0.717) is 5.41 Å². The van der Waals surface area contributed by atoms with Crippen LogP contribution in [0.2, 0.25) is 0 Å². The van der Waals surface area contributed by atoms with Crippen molar-refractivity contribution in [1.82, 2.24) is 4.90 Å². The molecule has 0 aliphatic carbocycles. The Morgan fingerprint density at radius 3 is 2.72 bits per heavy atom. The van der Waals surface area contributed by atoms with Gasteiger partial charge in [0, 0.05) is 25.8 Å². The van der Waals surface area contributed by atoms with Gasteiger partial charge in [0.25, 0.3) is 0 Å². The Bertz CT molecular complexity index is 239. The number of thiol groups is 1. The summed E-state index contributed by atoms with van der Waals surface area (Å²) < 4.78 is 5.54. The van der Waals surface area contributed by atoms with Crippen LogP contribution in [0.15, 0.2) is 0 Å². The fourth-order valence-electron chi connectivity index (χ4n) is 3.53. The zero-order chi connectivity index (χ0) is 12.8. The molecule has 2 nitrogen and oxygen atoms in total. The fourth-order valence-corrected chi connectivity index (χ4v) is 3.95. The Morgan fingerprint density at radius 2 is 2.06 bits per heavy atom. The lowest BCUT2D eigenvalue weighted by Gasteiger charge is -2.44. The fraction of sp³-hybridized carbons (Fsp3) is 1.00. The van der Waals surface area contributed by atoms with Crippen LogP contribution in [0.25, 0.3) is 0 Å². The number of hydrogen-bond acceptors (Lipinski definition) is 3. The molecule has 0 aromatic rings. The zero-order valence-corrected chi connectivity index (χ0v) is 12.8. The third kappa shape index (κ3) is 3.64. The average molecular weight is 271 g/mol. The van der Waals surface area contributed by atoms with Crippen molar-refractivity contribution in [3.05, 3.63) is 0 Å². The summed E-state index contributed by atoms with van der Waals surface area (Å²) >= 11 is 4.65. The van der Waals surface area contributed by atoms with E-state index in [1.807, 2.05) is 0 Å². The summed E-state index contributed by atoms with van der Waals surface area (Å²) in [5, 5.41) is 0. The number of nitrogens with zero attached hydrogens (tertiary/aromatic N) is 1. The van der Waals surface area contributed by atoms with Gasteiger partial charge in [-0.15, -0.1) is 0 Å². The summed E-state index contributed by atoms with van der Waals surface area (Å²) in [6, 6.07) is 0.836. The second kappa shape index (κ2) is 7.16. The number of hydrogen-bond donors (Lipinski definition) is 1. The second-order valence-electron chi connectivity index (χ2n) is 6.18. The van der Waals surface area contributed by atoms with Crippen LogP contribution in [0.3, 0.4) is 0 Å². The molecule has 106 valence electrons. The molecule has 18 heavy (non-hydrogen) atoms. The van der Waals surface area contributed by atoms with Crippen LogP contribution in [0.5, 0.6) is 0 Å². The van der Waals surface area contributed by atoms with Gasteiger partial charge in [-0.1, -0.05) is 19.8 Å². The Kier molecular flexibility index (Phi) is 5.84. The van der Waals surface area contributed by atoms with Crippen molar-refractivity contribution in [2.45, 2.75) is 57.9 Å². The molecule has 0 aromatic carbocycles. The topological polar surface area (TPSA) is 12.5 Å². The second-order valence-corrected chi connectivity index (χ2v) is 6.50. The van der Waals surface area contributed by atoms with Crippen LogP contribution in [-0.4, -0.2) is 43.0 Å². The van der Waals surface area contributed by atoms with Gasteiger partial charge in [-0.25, -0.2) is 0 Å². The molecule has 1 atom stereocenters. The van der Waals surface area contributed by atoms with Crippen LogP contribution in [0, 0.1) is 5.41 Å². The quantitative estimate of drug-likeness (QED) is 0.770. The summed E-state index contributed by atoms with van der Waals surface area (Å²) in [4.78, 5) is 2.77. The van der Waals surface area contributed by atoms with E-state index in [0.717, 1.165) is 25.0 Å². The summed E-state index contributed by atoms with van der Waals surface area (Å²) in [5.74, 6) is 1.02. The van der Waals surface area contributed by atoms with Crippen molar-refractivity contribution in [3.8, 4) is 0 Å². The van der Waals surface area contributed by atoms with Crippen molar-refractivity contribution in [1.29, 1.82) is 0 Å². The molecule has 0 amide bonds. The predicted molar refractivity (Wildman–Crippen MR) is 80.5 cm³/mol. The highest BCUT2D eigenvalue weighted by molar-refractivity contribution is 7.80. The van der Waals surface area contributed by atoms with Crippen molar-refractivity contribution in [3.63, 3.8) is 0 Å². The largest absolute Gasteiger partial charge is 0.381 e. The lowest BCUT2D eigenvalue weighted by Crippen LogP contribution is -2.48. The first-order valence-electron chi connectivity index (χ1n) is 7.72. The smallest absolute Gasteiger partial charge is 0.0472 e. The van der Waals surface area contributed by atoms with Crippen LogP contribution in [-0.2, 0) is 4.74 Å². The maximum Gasteiger partial charge on any atom is 0.0472 e. The molecule has 2 aliphatic rings. The summed E-state index contributed by atoms with van der Waals surface area (Å²) in [5.41, 5.74) is 0.421. The molecule has 2 fully saturated rings. The van der Waals surface area contributed by atoms with Gasteiger partial charge in [-0.3, -0.25) is 4.90 Å². The Morgan fingerprint density at radius 1 is 1.28 bits per heavy atom. The van der Waals surface area contributed by atoms with E-state index in [4.69, 9.17) is 4.74 Å². The van der Waals surface area contributed by atoms with Crippen LogP contribution < -0.4 is 0 Å². The summed E-state index contributed by atoms with van der Waals surface area (Å²) in [6.07, 6.45) is 9.32. The lowest BCUT2D eigenvalue weighted by molar-refractivity contribution is -0.00687. The van der Waals surface area contributed by atoms with Crippen LogP contribution in [0.1, 0.15) is 51.9 Å². The highest BCUT2D eigenvalue weighted by Gasteiger charge is 2.35. The van der Waals surface area contributed by atoms with Gasteiger partial charge in [-0.2, -0.15) is 12.6 Å². The normalized spacial score (nSPS) is 29.3. The predicted octanol–water partition coefficient (Wildman–Crippen LogP) is 3.37. The monoisotopic (exact) mass is 271 g/mol. The third-order valence-electron chi connectivity index (χ3n) is 4.80. The number of ether oxygens (including phenoxy) is 1. The molecule has 0 saturated carbocycles. The van der Waals surface area contributed by atoms with Crippen molar-refractivity contribution in [2.24, 2.45) is 5.41 Å². The van der Waals surface area contributed by atoms with E-state index >= 15 is 0 Å². The SMILES string of the molecule is CCCC1CCCCN1CC1(CS)CCOCC1. The first-order valence-corrected chi connectivity index (χ1v) is 8.35. The Labute approximate surface area is 118 Å². The number of likely N-dealkylation sites (tertiary alicyclic amines) is 1. The van der Waals surface area contributed by atoms with Gasteiger partial charge in [-0.05, 0) is 49.8 Å². The molecule has 0 aromatic heterocycles. The maximum atomic E-state index is 5.54. The Balaban J connectivity index is 1.95. The molecule has 2 saturated heterocycles. The van der Waals surface area contributed by atoms with Crippen molar-refractivity contribution in [2.75, 3.05) is 32.1 Å². The molecular formula is C15H29NOS. The molecule has 2 heterocycles. The molecule has 0 spiro atoms. The molecule has 1 unspecified atom stereocenters. The van der Waals surface area contributed by atoms with E-state index in [2.05, 4.69) is 24.5 Å². The molecule has 0 bridgehead atoms. The van der Waals surface area contributed by atoms with E-state index in [-0.39, 0.29) is 0 Å². The maximum absolute atomic E-state index is 5.54. The first kappa shape index (κ1) is 14.7. The molecule has 2 aliphatic heterocycles. The minimum atomic E-state index is 0.421. The highest BCUT2D eigenvalue weighted by atomic mass is 32.1. The molecular weight excluding hydrogens is 242 g/mol. The van der Waals surface area contributed by atoms with E-state index in [9.17, 15) is 0 Å². The molecule has 0 radical (unpaired) electrons. The highest BCUT2D eigenvalue weighted by Crippen LogP contribution is 2.35. The molecule has 0 N–H and O–H groups in total. The summed E-state index contributed by atoms with van der Waals surface area (Å²) in [6.45, 7) is 6.75. The van der Waals surface area contributed by atoms with Gasteiger partial charge in [0.15, 0.2) is 0 Å². The Hall–Kier alpha value is 0.270. The van der Waals surface area contributed by atoms with Crippen molar-refractivity contribution >= 4 is 12.6 Å². The van der Waals surface area contributed by atoms with E-state index in [1.165, 1.54) is 58.0 Å². The molecule has 3 heteroatoms. The van der Waals surface area contributed by atoms with Gasteiger partial charge in [0.05, 0.1) is 0 Å². The van der Waals surface area contributed by atoms with E-state index in [1.54, 1.807) is 0 Å². The van der Waals surface area contributed by atoms with Crippen LogP contribution >= 0.6 is 12.6 Å². The first-order chi connectivity index (χ1) is 8.79. The number of rotatable bonds is 5. The van der Waals surface area contributed by atoms with Gasteiger partial charge < -0.3 is 4.74 Å². The lowest BCUT2D eigenvalue weighted by atomic mass is 9.80. The van der Waals surface area contributed by atoms with Crippen molar-refractivity contribution < 1.29 is 4.74 Å². The number of piperidine rings is 1. The van der Waals surface area contributed by atoms with Gasteiger partial charge in [0.1, 0.15) is 0 Å². The molecule has 2 rings (SSSR count). The van der Waals surface area contributed by atoms with Gasteiger partial charge in [0.2, 0.25) is 0 Å². The van der Waals surface area contributed by atoms with E-state index < -0.39 is 0 Å². The van der Waals surface area contributed by atoms with Crippen LogP contribution in [0.4, 0.5) is 0 Å². The zero-order valence-electron chi connectivity index (χ0n) is 11.9. The minimum Gasteiger partial charge on any atom is -0.381 e.